The lowest BCUT2D eigenvalue weighted by Gasteiger charge is -2.22. The number of phenols is 1. The first-order chi connectivity index (χ1) is 8.54. The lowest BCUT2D eigenvalue weighted by atomic mass is 10.1. The normalized spacial score (nSPS) is 12.2. The van der Waals surface area contributed by atoms with Crippen LogP contribution in [0.25, 0.3) is 0 Å². The van der Waals surface area contributed by atoms with E-state index in [9.17, 15) is 18.3 Å². The van der Waals surface area contributed by atoms with Crippen LogP contribution in [0.4, 0.5) is 0 Å². The second-order valence-electron chi connectivity index (χ2n) is 4.88. The lowest BCUT2D eigenvalue weighted by molar-refractivity contribution is 0.0948. The number of halogens is 1. The van der Waals surface area contributed by atoms with E-state index in [0.717, 1.165) is 6.26 Å². The highest BCUT2D eigenvalue weighted by molar-refractivity contribution is 7.92. The zero-order chi connectivity index (χ0) is 14.8. The molecule has 5 nitrogen and oxygen atoms in total. The van der Waals surface area contributed by atoms with Gasteiger partial charge in [0.1, 0.15) is 5.75 Å². The van der Waals surface area contributed by atoms with E-state index in [1.807, 2.05) is 0 Å². The molecule has 1 aromatic carbocycles. The zero-order valence-electron chi connectivity index (χ0n) is 10.9. The molecule has 0 aliphatic carbocycles. The van der Waals surface area contributed by atoms with E-state index < -0.39 is 20.5 Å². The van der Waals surface area contributed by atoms with Crippen molar-refractivity contribution in [1.82, 2.24) is 5.32 Å². The molecule has 0 saturated carbocycles. The van der Waals surface area contributed by atoms with Gasteiger partial charge in [-0.05, 0) is 32.0 Å². The van der Waals surface area contributed by atoms with Crippen molar-refractivity contribution in [2.75, 3.05) is 12.8 Å². The molecule has 1 rings (SSSR count). The summed E-state index contributed by atoms with van der Waals surface area (Å²) in [6.45, 7) is 2.97. The van der Waals surface area contributed by atoms with Gasteiger partial charge in [0, 0.05) is 17.8 Å². The van der Waals surface area contributed by atoms with E-state index in [2.05, 4.69) is 5.32 Å². The number of hydrogen-bond donors (Lipinski definition) is 2. The number of hydrogen-bond acceptors (Lipinski definition) is 4. The average Bonchev–Trinajstić information content (AvgIpc) is 2.28. The fourth-order valence-electron chi connectivity index (χ4n) is 1.21. The smallest absolute Gasteiger partial charge is 0.255 e. The second-order valence-corrected chi connectivity index (χ2v) is 7.96. The predicted octanol–water partition coefficient (Wildman–Crippen LogP) is 1.60. The van der Waals surface area contributed by atoms with Crippen molar-refractivity contribution in [3.05, 3.63) is 28.8 Å². The van der Waals surface area contributed by atoms with Gasteiger partial charge in [-0.15, -0.1) is 0 Å². The molecule has 19 heavy (non-hydrogen) atoms. The van der Waals surface area contributed by atoms with Crippen LogP contribution in [0.3, 0.4) is 0 Å². The molecule has 0 unspecified atom stereocenters. The molecule has 0 heterocycles. The number of nitrogens with one attached hydrogen (secondary N) is 1. The number of rotatable bonds is 4. The molecule has 0 spiro atoms. The van der Waals surface area contributed by atoms with E-state index in [0.29, 0.717) is 5.02 Å². The summed E-state index contributed by atoms with van der Waals surface area (Å²) in [5.74, 6) is -0.782. The molecule has 2 N–H and O–H groups in total. The summed E-state index contributed by atoms with van der Waals surface area (Å²) in [4.78, 5) is 11.9. The monoisotopic (exact) mass is 305 g/mol. The van der Waals surface area contributed by atoms with Gasteiger partial charge in [-0.3, -0.25) is 4.79 Å². The van der Waals surface area contributed by atoms with Gasteiger partial charge in [0.25, 0.3) is 5.91 Å². The maximum atomic E-state index is 11.9. The minimum atomic E-state index is -3.30. The van der Waals surface area contributed by atoms with Crippen LogP contribution < -0.4 is 5.32 Å². The van der Waals surface area contributed by atoms with Crippen molar-refractivity contribution >= 4 is 27.3 Å². The van der Waals surface area contributed by atoms with Crippen molar-refractivity contribution in [3.8, 4) is 5.75 Å². The van der Waals surface area contributed by atoms with Crippen LogP contribution in [0.5, 0.6) is 5.75 Å². The standard InChI is InChI=1S/C12H16ClNO4S/c1-12(2,19(3,17)18)7-14-11(16)9-6-8(13)4-5-10(9)15/h4-6,15H,7H2,1-3H3,(H,14,16). The largest absolute Gasteiger partial charge is 0.507 e. The highest BCUT2D eigenvalue weighted by atomic mass is 35.5. The molecule has 1 amide bonds. The quantitative estimate of drug-likeness (QED) is 0.885. The fraction of sp³-hybridized carbons (Fsp3) is 0.417. The average molecular weight is 306 g/mol. The number of phenolic OH excluding ortho intramolecular Hbond substituents is 1. The molecule has 0 atom stereocenters. The molecule has 106 valence electrons. The minimum absolute atomic E-state index is 0.0109. The molecule has 0 bridgehead atoms. The molecule has 0 radical (unpaired) electrons. The molecule has 7 heteroatoms. The van der Waals surface area contributed by atoms with Gasteiger partial charge >= 0.3 is 0 Å². The molecular weight excluding hydrogens is 290 g/mol. The molecule has 0 aliphatic heterocycles. The topological polar surface area (TPSA) is 83.5 Å². The molecule has 0 saturated heterocycles. The van der Waals surface area contributed by atoms with Crippen molar-refractivity contribution in [3.63, 3.8) is 0 Å². The summed E-state index contributed by atoms with van der Waals surface area (Å²) in [6.07, 6.45) is 1.11. The number of amides is 1. The summed E-state index contributed by atoms with van der Waals surface area (Å²) < 4.78 is 21.9. The van der Waals surface area contributed by atoms with Crippen molar-refractivity contribution < 1.29 is 18.3 Å². The van der Waals surface area contributed by atoms with Gasteiger partial charge in [0.2, 0.25) is 0 Å². The maximum absolute atomic E-state index is 11.9. The number of benzene rings is 1. The fourth-order valence-corrected chi connectivity index (χ4v) is 1.72. The third-order valence-electron chi connectivity index (χ3n) is 2.88. The van der Waals surface area contributed by atoms with E-state index in [4.69, 9.17) is 11.6 Å². The highest BCUT2D eigenvalue weighted by Crippen LogP contribution is 2.21. The van der Waals surface area contributed by atoms with E-state index >= 15 is 0 Å². The zero-order valence-corrected chi connectivity index (χ0v) is 12.5. The van der Waals surface area contributed by atoms with Crippen LogP contribution in [-0.4, -0.2) is 37.0 Å². The Balaban J connectivity index is 2.85. The maximum Gasteiger partial charge on any atom is 0.255 e. The number of aromatic hydroxyl groups is 1. The number of carbonyl (C=O) groups excluding carboxylic acids is 1. The number of carbonyl (C=O) groups is 1. The van der Waals surface area contributed by atoms with Crippen molar-refractivity contribution in [2.24, 2.45) is 0 Å². The Morgan fingerprint density at radius 1 is 1.42 bits per heavy atom. The Morgan fingerprint density at radius 2 is 2.00 bits per heavy atom. The van der Waals surface area contributed by atoms with Crippen LogP contribution in [0, 0.1) is 0 Å². The molecule has 0 aliphatic rings. The van der Waals surface area contributed by atoms with Gasteiger partial charge in [-0.1, -0.05) is 11.6 Å². The summed E-state index contributed by atoms with van der Waals surface area (Å²) in [5.41, 5.74) is 0.0109. The Labute approximate surface area is 117 Å². The summed E-state index contributed by atoms with van der Waals surface area (Å²) in [7, 11) is -3.30. The van der Waals surface area contributed by atoms with Gasteiger partial charge in [-0.2, -0.15) is 0 Å². The Kier molecular flexibility index (Phi) is 4.47. The molecule has 0 fully saturated rings. The van der Waals surface area contributed by atoms with E-state index in [1.54, 1.807) is 0 Å². The van der Waals surface area contributed by atoms with Crippen molar-refractivity contribution in [1.29, 1.82) is 0 Å². The SMILES string of the molecule is CC(C)(CNC(=O)c1cc(Cl)ccc1O)S(C)(=O)=O. The van der Waals surface area contributed by atoms with Gasteiger partial charge in [0.15, 0.2) is 9.84 Å². The summed E-state index contributed by atoms with van der Waals surface area (Å²) >= 11 is 5.74. The Morgan fingerprint density at radius 3 is 2.53 bits per heavy atom. The van der Waals surface area contributed by atoms with E-state index in [-0.39, 0.29) is 17.9 Å². The van der Waals surface area contributed by atoms with Gasteiger partial charge in [0.05, 0.1) is 10.3 Å². The van der Waals surface area contributed by atoms with Crippen LogP contribution in [0.1, 0.15) is 24.2 Å². The first-order valence-corrected chi connectivity index (χ1v) is 7.78. The Bertz CT molecular complexity index is 596. The highest BCUT2D eigenvalue weighted by Gasteiger charge is 2.30. The summed E-state index contributed by atoms with van der Waals surface area (Å²) in [6, 6.07) is 4.08. The molecule has 1 aromatic rings. The van der Waals surface area contributed by atoms with Crippen LogP contribution >= 0.6 is 11.6 Å². The van der Waals surface area contributed by atoms with E-state index in [1.165, 1.54) is 32.0 Å². The first kappa shape index (κ1) is 15.8. The predicted molar refractivity (Wildman–Crippen MR) is 74.4 cm³/mol. The van der Waals surface area contributed by atoms with Gasteiger partial charge < -0.3 is 10.4 Å². The van der Waals surface area contributed by atoms with Crippen molar-refractivity contribution in [2.45, 2.75) is 18.6 Å². The minimum Gasteiger partial charge on any atom is -0.507 e. The van der Waals surface area contributed by atoms with Crippen LogP contribution in [0.2, 0.25) is 5.02 Å². The molecular formula is C12H16ClNO4S. The summed E-state index contributed by atoms with van der Waals surface area (Å²) in [5, 5.41) is 12.3. The lowest BCUT2D eigenvalue weighted by Crippen LogP contribution is -2.43. The third kappa shape index (κ3) is 3.84. The Hall–Kier alpha value is -1.27. The van der Waals surface area contributed by atoms with Crippen LogP contribution in [0.15, 0.2) is 18.2 Å². The number of sulfone groups is 1. The first-order valence-electron chi connectivity index (χ1n) is 5.51. The van der Waals surface area contributed by atoms with Crippen LogP contribution in [-0.2, 0) is 9.84 Å². The second kappa shape index (κ2) is 5.38. The van der Waals surface area contributed by atoms with Gasteiger partial charge in [-0.25, -0.2) is 8.42 Å². The molecule has 0 aromatic heterocycles. The third-order valence-corrected chi connectivity index (χ3v) is 5.27.